The van der Waals surface area contributed by atoms with Crippen molar-refractivity contribution < 1.29 is 17.9 Å². The van der Waals surface area contributed by atoms with Gasteiger partial charge in [0.1, 0.15) is 22.3 Å². The Bertz CT molecular complexity index is 1210. The predicted molar refractivity (Wildman–Crippen MR) is 116 cm³/mol. The molecule has 0 aliphatic carbocycles. The maximum Gasteiger partial charge on any atom is 0.355 e. The number of aryl methyl sites for hydroxylation is 2. The molecule has 4 rings (SSSR count). The molecule has 1 aliphatic rings. The van der Waals surface area contributed by atoms with Crippen LogP contribution in [-0.2, 0) is 28.4 Å². The standard InChI is InChI=1S/C21H23ClN4O4S/c1-15-18(20(22)26(23-15)16-8-4-3-5-9-16)14-30-21(27)19-12-17(13-24(19)2)31(28,29)25-10-6-7-11-25/h3-5,8-9,12-13H,6-7,10-11,14H2,1-2H3. The molecule has 0 radical (unpaired) electrons. The first-order valence-corrected chi connectivity index (χ1v) is 11.7. The second-order valence-electron chi connectivity index (χ2n) is 7.46. The van der Waals surface area contributed by atoms with Gasteiger partial charge in [-0.1, -0.05) is 29.8 Å². The number of nitrogens with zero attached hydrogens (tertiary/aromatic N) is 4. The third kappa shape index (κ3) is 4.13. The van der Waals surface area contributed by atoms with Gasteiger partial charge in [-0.05, 0) is 38.0 Å². The van der Waals surface area contributed by atoms with Gasteiger partial charge in [0.15, 0.2) is 0 Å². The lowest BCUT2D eigenvalue weighted by atomic mass is 10.3. The summed E-state index contributed by atoms with van der Waals surface area (Å²) < 4.78 is 35.5. The first-order chi connectivity index (χ1) is 14.8. The minimum atomic E-state index is -3.61. The highest BCUT2D eigenvalue weighted by Gasteiger charge is 2.30. The molecule has 0 amide bonds. The number of rotatable bonds is 6. The average Bonchev–Trinajstić information content (AvgIpc) is 3.48. The zero-order valence-corrected chi connectivity index (χ0v) is 18.9. The minimum Gasteiger partial charge on any atom is -0.456 e. The van der Waals surface area contributed by atoms with Gasteiger partial charge in [0.25, 0.3) is 0 Å². The zero-order valence-electron chi connectivity index (χ0n) is 17.3. The number of ether oxygens (including phenoxy) is 1. The van der Waals surface area contributed by atoms with E-state index < -0.39 is 16.0 Å². The van der Waals surface area contributed by atoms with Gasteiger partial charge in [-0.2, -0.15) is 9.40 Å². The summed E-state index contributed by atoms with van der Waals surface area (Å²) in [5.41, 5.74) is 2.19. The second kappa shape index (κ2) is 8.49. The monoisotopic (exact) mass is 462 g/mol. The van der Waals surface area contributed by atoms with Crippen molar-refractivity contribution in [3.63, 3.8) is 0 Å². The first-order valence-electron chi connectivity index (χ1n) is 9.92. The van der Waals surface area contributed by atoms with E-state index in [2.05, 4.69) is 5.10 Å². The van der Waals surface area contributed by atoms with Crippen LogP contribution in [0.25, 0.3) is 5.69 Å². The van der Waals surface area contributed by atoms with Gasteiger partial charge in [-0.3, -0.25) is 0 Å². The molecule has 1 fully saturated rings. The summed E-state index contributed by atoms with van der Waals surface area (Å²) >= 11 is 6.48. The molecule has 0 spiro atoms. The largest absolute Gasteiger partial charge is 0.456 e. The van der Waals surface area contributed by atoms with Crippen molar-refractivity contribution in [2.75, 3.05) is 13.1 Å². The minimum absolute atomic E-state index is 0.0737. The van der Waals surface area contributed by atoms with Crippen molar-refractivity contribution in [3.05, 3.63) is 64.7 Å². The molecule has 3 heterocycles. The summed E-state index contributed by atoms with van der Waals surface area (Å²) in [6, 6.07) is 10.8. The van der Waals surface area contributed by atoms with Crippen LogP contribution < -0.4 is 0 Å². The fraction of sp³-hybridized carbons (Fsp3) is 0.333. The Morgan fingerprint density at radius 3 is 2.55 bits per heavy atom. The number of halogens is 1. The van der Waals surface area contributed by atoms with Crippen LogP contribution in [0.2, 0.25) is 5.15 Å². The lowest BCUT2D eigenvalue weighted by Gasteiger charge is -2.13. The zero-order chi connectivity index (χ0) is 22.2. The maximum absolute atomic E-state index is 12.8. The Morgan fingerprint density at radius 2 is 1.87 bits per heavy atom. The molecule has 0 atom stereocenters. The van der Waals surface area contributed by atoms with E-state index in [0.29, 0.717) is 29.5 Å². The summed E-state index contributed by atoms with van der Waals surface area (Å²) in [7, 11) is -2.00. The smallest absolute Gasteiger partial charge is 0.355 e. The van der Waals surface area contributed by atoms with E-state index >= 15 is 0 Å². The summed E-state index contributed by atoms with van der Waals surface area (Å²) in [4.78, 5) is 12.8. The van der Waals surface area contributed by atoms with Gasteiger partial charge in [0, 0.05) is 31.9 Å². The van der Waals surface area contributed by atoms with Crippen LogP contribution in [0.15, 0.2) is 47.5 Å². The third-order valence-corrected chi connectivity index (χ3v) is 7.61. The first kappa shape index (κ1) is 21.6. The van der Waals surface area contributed by atoms with Crippen molar-refractivity contribution in [1.82, 2.24) is 18.7 Å². The molecule has 31 heavy (non-hydrogen) atoms. The summed E-state index contributed by atoms with van der Waals surface area (Å²) in [5, 5.41) is 4.79. The normalized spacial score (nSPS) is 14.8. The van der Waals surface area contributed by atoms with E-state index in [1.54, 1.807) is 18.7 Å². The Labute approximate surface area is 186 Å². The average molecular weight is 463 g/mol. The molecular weight excluding hydrogens is 440 g/mol. The third-order valence-electron chi connectivity index (χ3n) is 5.36. The number of para-hydroxylation sites is 1. The predicted octanol–water partition coefficient (Wildman–Crippen LogP) is 3.31. The number of carbonyl (C=O) groups excluding carboxylic acids is 1. The molecule has 1 aromatic carbocycles. The highest BCUT2D eigenvalue weighted by molar-refractivity contribution is 7.89. The molecule has 8 nitrogen and oxygen atoms in total. The number of aromatic nitrogens is 3. The van der Waals surface area contributed by atoms with Crippen LogP contribution in [0, 0.1) is 6.92 Å². The Morgan fingerprint density at radius 1 is 1.19 bits per heavy atom. The summed E-state index contributed by atoms with van der Waals surface area (Å²) in [6.07, 6.45) is 3.13. The molecule has 0 N–H and O–H groups in total. The van der Waals surface area contributed by atoms with Gasteiger partial charge in [0.05, 0.1) is 11.4 Å². The molecular formula is C21H23ClN4O4S. The molecule has 2 aromatic heterocycles. The highest BCUT2D eigenvalue weighted by atomic mass is 35.5. The molecule has 164 valence electrons. The van der Waals surface area contributed by atoms with E-state index in [1.165, 1.54) is 21.1 Å². The fourth-order valence-electron chi connectivity index (χ4n) is 3.60. The van der Waals surface area contributed by atoms with E-state index in [0.717, 1.165) is 18.5 Å². The Hall–Kier alpha value is -2.62. The van der Waals surface area contributed by atoms with Crippen LogP contribution in [-0.4, -0.2) is 46.1 Å². The van der Waals surface area contributed by atoms with Crippen molar-refractivity contribution in [3.8, 4) is 5.69 Å². The number of hydrogen-bond acceptors (Lipinski definition) is 5. The van der Waals surface area contributed by atoms with Crippen LogP contribution in [0.1, 0.15) is 34.6 Å². The molecule has 0 unspecified atom stereocenters. The fourth-order valence-corrected chi connectivity index (χ4v) is 5.52. The maximum atomic E-state index is 12.8. The van der Waals surface area contributed by atoms with Crippen LogP contribution in [0.3, 0.4) is 0 Å². The lowest BCUT2D eigenvalue weighted by molar-refractivity contribution is 0.0461. The number of esters is 1. The van der Waals surface area contributed by atoms with E-state index in [4.69, 9.17) is 16.3 Å². The SMILES string of the molecule is Cc1nn(-c2ccccc2)c(Cl)c1COC(=O)c1cc(S(=O)(=O)N2CCCC2)cn1C. The number of hydrogen-bond donors (Lipinski definition) is 0. The van der Waals surface area contributed by atoms with Crippen molar-refractivity contribution in [2.45, 2.75) is 31.3 Å². The van der Waals surface area contributed by atoms with Crippen LogP contribution in [0.5, 0.6) is 0 Å². The van der Waals surface area contributed by atoms with Crippen LogP contribution >= 0.6 is 11.6 Å². The topological polar surface area (TPSA) is 86.4 Å². The van der Waals surface area contributed by atoms with Crippen molar-refractivity contribution in [2.24, 2.45) is 7.05 Å². The lowest BCUT2D eigenvalue weighted by Crippen LogP contribution is -2.27. The van der Waals surface area contributed by atoms with Crippen LogP contribution in [0.4, 0.5) is 0 Å². The number of sulfonamides is 1. The Kier molecular flexibility index (Phi) is 5.92. The van der Waals surface area contributed by atoms with Gasteiger partial charge < -0.3 is 9.30 Å². The molecule has 0 saturated carbocycles. The van der Waals surface area contributed by atoms with Gasteiger partial charge in [0.2, 0.25) is 10.0 Å². The van der Waals surface area contributed by atoms with Gasteiger partial charge in [-0.15, -0.1) is 0 Å². The molecule has 10 heteroatoms. The summed E-state index contributed by atoms with van der Waals surface area (Å²) in [6.45, 7) is 2.72. The number of carbonyl (C=O) groups is 1. The van der Waals surface area contributed by atoms with Crippen molar-refractivity contribution >= 4 is 27.6 Å². The van der Waals surface area contributed by atoms with Gasteiger partial charge in [-0.25, -0.2) is 17.9 Å². The highest BCUT2D eigenvalue weighted by Crippen LogP contribution is 2.26. The molecule has 1 aliphatic heterocycles. The van der Waals surface area contributed by atoms with E-state index in [1.807, 2.05) is 30.3 Å². The summed E-state index contributed by atoms with van der Waals surface area (Å²) in [5.74, 6) is -0.631. The second-order valence-corrected chi connectivity index (χ2v) is 9.76. The quantitative estimate of drug-likeness (QED) is 0.524. The molecule has 3 aromatic rings. The molecule has 1 saturated heterocycles. The Balaban J connectivity index is 1.51. The number of benzene rings is 1. The van der Waals surface area contributed by atoms with Gasteiger partial charge >= 0.3 is 5.97 Å². The molecule has 0 bridgehead atoms. The van der Waals surface area contributed by atoms with E-state index in [-0.39, 0.29) is 17.2 Å². The van der Waals surface area contributed by atoms with Crippen molar-refractivity contribution in [1.29, 1.82) is 0 Å². The van der Waals surface area contributed by atoms with E-state index in [9.17, 15) is 13.2 Å².